The van der Waals surface area contributed by atoms with Gasteiger partial charge in [0.05, 0.1) is 11.0 Å². The predicted octanol–water partition coefficient (Wildman–Crippen LogP) is 3.68. The molecule has 0 radical (unpaired) electrons. The van der Waals surface area contributed by atoms with Crippen LogP contribution in [-0.4, -0.2) is 22.6 Å². The van der Waals surface area contributed by atoms with Crippen LogP contribution in [-0.2, 0) is 6.54 Å². The molecule has 1 fully saturated rings. The smallest absolute Gasteiger partial charge is 0.113 e. The zero-order valence-corrected chi connectivity index (χ0v) is 12.9. The van der Waals surface area contributed by atoms with Crippen molar-refractivity contribution in [2.45, 2.75) is 38.6 Å². The fourth-order valence-electron chi connectivity index (χ4n) is 2.97. The first-order valence-corrected chi connectivity index (χ1v) is 7.95. The first kappa shape index (κ1) is 13.1. The molecule has 0 spiro atoms. The normalized spacial score (nSPS) is 17.2. The van der Waals surface area contributed by atoms with Crippen molar-refractivity contribution in [1.82, 2.24) is 14.9 Å². The molecule has 102 valence electrons. The number of hydrogen-bond acceptors (Lipinski definition) is 2. The molecule has 3 nitrogen and oxygen atoms in total. The Labute approximate surface area is 122 Å². The average Bonchev–Trinajstić information content (AvgIpc) is 2.78. The second-order valence-corrected chi connectivity index (χ2v) is 6.19. The SMILES string of the molecule is CCCn1c(C2CCNCC2)nc2cc(Br)ccc21. The van der Waals surface area contributed by atoms with Gasteiger partial charge in [0.1, 0.15) is 5.82 Å². The van der Waals surface area contributed by atoms with Crippen LogP contribution in [0, 0.1) is 0 Å². The van der Waals surface area contributed by atoms with E-state index in [0.29, 0.717) is 5.92 Å². The van der Waals surface area contributed by atoms with E-state index in [1.807, 2.05) is 0 Å². The van der Waals surface area contributed by atoms with Gasteiger partial charge >= 0.3 is 0 Å². The van der Waals surface area contributed by atoms with Gasteiger partial charge in [-0.15, -0.1) is 0 Å². The molecular formula is C15H20BrN3. The van der Waals surface area contributed by atoms with E-state index in [-0.39, 0.29) is 0 Å². The Morgan fingerprint density at radius 1 is 1.37 bits per heavy atom. The number of piperidine rings is 1. The van der Waals surface area contributed by atoms with Crippen LogP contribution in [0.25, 0.3) is 11.0 Å². The van der Waals surface area contributed by atoms with E-state index in [0.717, 1.165) is 36.0 Å². The van der Waals surface area contributed by atoms with E-state index < -0.39 is 0 Å². The largest absolute Gasteiger partial charge is 0.328 e. The monoisotopic (exact) mass is 321 g/mol. The molecule has 0 saturated carbocycles. The fourth-order valence-corrected chi connectivity index (χ4v) is 3.32. The van der Waals surface area contributed by atoms with Gasteiger partial charge in [0.15, 0.2) is 0 Å². The third kappa shape index (κ3) is 2.56. The van der Waals surface area contributed by atoms with E-state index in [2.05, 4.69) is 50.9 Å². The lowest BCUT2D eigenvalue weighted by molar-refractivity contribution is 0.431. The summed E-state index contributed by atoms with van der Waals surface area (Å²) in [4.78, 5) is 4.92. The minimum Gasteiger partial charge on any atom is -0.328 e. The second kappa shape index (κ2) is 5.63. The molecule has 1 N–H and O–H groups in total. The molecule has 1 aliphatic rings. The zero-order valence-electron chi connectivity index (χ0n) is 11.3. The highest BCUT2D eigenvalue weighted by molar-refractivity contribution is 9.10. The lowest BCUT2D eigenvalue weighted by atomic mass is 9.97. The maximum Gasteiger partial charge on any atom is 0.113 e. The standard InChI is InChI=1S/C15H20BrN3/c1-2-9-19-14-4-3-12(16)10-13(14)18-15(19)11-5-7-17-8-6-11/h3-4,10-11,17H,2,5-9H2,1H3. The fraction of sp³-hybridized carbons (Fsp3) is 0.533. The van der Waals surface area contributed by atoms with Crippen molar-refractivity contribution < 1.29 is 0 Å². The Kier molecular flexibility index (Phi) is 3.89. The molecule has 2 heterocycles. The summed E-state index contributed by atoms with van der Waals surface area (Å²) in [6.07, 6.45) is 3.56. The molecule has 3 rings (SSSR count). The van der Waals surface area contributed by atoms with Crippen LogP contribution < -0.4 is 5.32 Å². The molecule has 1 aliphatic heterocycles. The molecule has 0 atom stereocenters. The van der Waals surface area contributed by atoms with E-state index in [9.17, 15) is 0 Å². The van der Waals surface area contributed by atoms with Gasteiger partial charge in [-0.2, -0.15) is 0 Å². The summed E-state index contributed by atoms with van der Waals surface area (Å²) < 4.78 is 3.54. The van der Waals surface area contributed by atoms with Gasteiger partial charge in [-0.25, -0.2) is 4.98 Å². The molecule has 0 bridgehead atoms. The summed E-state index contributed by atoms with van der Waals surface area (Å²) in [5.41, 5.74) is 2.40. The second-order valence-electron chi connectivity index (χ2n) is 5.28. The first-order valence-electron chi connectivity index (χ1n) is 7.16. The Morgan fingerprint density at radius 2 is 2.16 bits per heavy atom. The number of halogens is 1. The number of imidazole rings is 1. The topological polar surface area (TPSA) is 29.9 Å². The predicted molar refractivity (Wildman–Crippen MR) is 82.6 cm³/mol. The average molecular weight is 322 g/mol. The number of nitrogens with zero attached hydrogens (tertiary/aromatic N) is 2. The summed E-state index contributed by atoms with van der Waals surface area (Å²) in [7, 11) is 0. The Balaban J connectivity index is 2.08. The van der Waals surface area contributed by atoms with Gasteiger partial charge in [-0.1, -0.05) is 22.9 Å². The van der Waals surface area contributed by atoms with Crippen molar-refractivity contribution in [3.05, 3.63) is 28.5 Å². The molecule has 0 aliphatic carbocycles. The summed E-state index contributed by atoms with van der Waals surface area (Å²) in [6.45, 7) is 5.53. The van der Waals surface area contributed by atoms with Crippen LogP contribution in [0.1, 0.15) is 37.9 Å². The van der Waals surface area contributed by atoms with Crippen molar-refractivity contribution in [1.29, 1.82) is 0 Å². The highest BCUT2D eigenvalue weighted by Gasteiger charge is 2.21. The van der Waals surface area contributed by atoms with Crippen molar-refractivity contribution in [3.8, 4) is 0 Å². The molecule has 1 aromatic heterocycles. The van der Waals surface area contributed by atoms with Crippen LogP contribution >= 0.6 is 15.9 Å². The first-order chi connectivity index (χ1) is 9.29. The third-order valence-electron chi connectivity index (χ3n) is 3.89. The van der Waals surface area contributed by atoms with Crippen molar-refractivity contribution >= 4 is 27.0 Å². The van der Waals surface area contributed by atoms with E-state index in [1.54, 1.807) is 0 Å². The number of aromatic nitrogens is 2. The third-order valence-corrected chi connectivity index (χ3v) is 4.38. The van der Waals surface area contributed by atoms with Gasteiger partial charge < -0.3 is 9.88 Å². The Bertz CT molecular complexity index is 570. The Morgan fingerprint density at radius 3 is 2.89 bits per heavy atom. The highest BCUT2D eigenvalue weighted by atomic mass is 79.9. The lowest BCUT2D eigenvalue weighted by Gasteiger charge is -2.23. The van der Waals surface area contributed by atoms with Crippen LogP contribution in [0.5, 0.6) is 0 Å². The van der Waals surface area contributed by atoms with E-state index in [4.69, 9.17) is 4.98 Å². The number of benzene rings is 1. The van der Waals surface area contributed by atoms with Crippen molar-refractivity contribution in [2.75, 3.05) is 13.1 Å². The molecule has 1 saturated heterocycles. The van der Waals surface area contributed by atoms with Crippen LogP contribution in [0.3, 0.4) is 0 Å². The zero-order chi connectivity index (χ0) is 13.2. The molecule has 19 heavy (non-hydrogen) atoms. The number of aryl methyl sites for hydroxylation is 1. The van der Waals surface area contributed by atoms with E-state index >= 15 is 0 Å². The van der Waals surface area contributed by atoms with Gasteiger partial charge in [0.2, 0.25) is 0 Å². The van der Waals surface area contributed by atoms with E-state index in [1.165, 1.54) is 24.2 Å². The van der Waals surface area contributed by atoms with Crippen molar-refractivity contribution in [3.63, 3.8) is 0 Å². The number of nitrogens with one attached hydrogen (secondary N) is 1. The molecule has 0 unspecified atom stereocenters. The van der Waals surface area contributed by atoms with Gasteiger partial charge in [-0.05, 0) is 50.6 Å². The van der Waals surface area contributed by atoms with Crippen LogP contribution in [0.15, 0.2) is 22.7 Å². The van der Waals surface area contributed by atoms with Gasteiger partial charge in [-0.3, -0.25) is 0 Å². The maximum atomic E-state index is 4.92. The maximum absolute atomic E-state index is 4.92. The Hall–Kier alpha value is -0.870. The minimum atomic E-state index is 0.610. The quantitative estimate of drug-likeness (QED) is 0.934. The lowest BCUT2D eigenvalue weighted by Crippen LogP contribution is -2.28. The summed E-state index contributed by atoms with van der Waals surface area (Å²) in [6, 6.07) is 6.43. The highest BCUT2D eigenvalue weighted by Crippen LogP contribution is 2.29. The van der Waals surface area contributed by atoms with Crippen molar-refractivity contribution in [2.24, 2.45) is 0 Å². The molecular weight excluding hydrogens is 302 g/mol. The number of hydrogen-bond donors (Lipinski definition) is 1. The molecule has 4 heteroatoms. The summed E-state index contributed by atoms with van der Waals surface area (Å²) >= 11 is 3.54. The summed E-state index contributed by atoms with van der Waals surface area (Å²) in [5.74, 6) is 1.90. The van der Waals surface area contributed by atoms with Crippen LogP contribution in [0.4, 0.5) is 0 Å². The summed E-state index contributed by atoms with van der Waals surface area (Å²) in [5, 5.41) is 3.43. The van der Waals surface area contributed by atoms with Crippen LogP contribution in [0.2, 0.25) is 0 Å². The minimum absolute atomic E-state index is 0.610. The number of fused-ring (bicyclic) bond motifs is 1. The molecule has 0 amide bonds. The van der Waals surface area contributed by atoms with Gasteiger partial charge in [0.25, 0.3) is 0 Å². The molecule has 2 aromatic rings. The van der Waals surface area contributed by atoms with Gasteiger partial charge in [0, 0.05) is 16.9 Å². The molecule has 1 aromatic carbocycles. The number of rotatable bonds is 3.